The van der Waals surface area contributed by atoms with Gasteiger partial charge in [-0.15, -0.1) is 0 Å². The van der Waals surface area contributed by atoms with Crippen LogP contribution in [-0.4, -0.2) is 34.0 Å². The molecular weight excluding hydrogens is 385 g/mol. The molecule has 1 N–H and O–H groups in total. The van der Waals surface area contributed by atoms with Gasteiger partial charge in [-0.3, -0.25) is 14.4 Å². The van der Waals surface area contributed by atoms with E-state index in [-0.39, 0.29) is 30.3 Å². The zero-order valence-electron chi connectivity index (χ0n) is 17.7. The third-order valence-electron chi connectivity index (χ3n) is 5.36. The number of hydrogen-bond donors (Lipinski definition) is 1. The molecule has 2 aromatic rings. The summed E-state index contributed by atoms with van der Waals surface area (Å²) in [7, 11) is 0. The Bertz CT molecular complexity index is 963. The number of carbonyl (C=O) groups excluding carboxylic acids is 3. The van der Waals surface area contributed by atoms with Crippen LogP contribution in [0.3, 0.4) is 0 Å². The number of Topliss-reactive ketones (excluding diaryl/α,β-unsaturated/α-hetero) is 2. The van der Waals surface area contributed by atoms with E-state index in [2.05, 4.69) is 15.3 Å². The molecule has 1 saturated carbocycles. The van der Waals surface area contributed by atoms with Gasteiger partial charge < -0.3 is 5.32 Å². The highest BCUT2D eigenvalue weighted by atomic mass is 19.1. The third-order valence-corrected chi connectivity index (χ3v) is 5.36. The first kappa shape index (κ1) is 21.7. The van der Waals surface area contributed by atoms with E-state index in [1.807, 2.05) is 27.7 Å². The molecule has 0 bridgehead atoms. The Morgan fingerprint density at radius 3 is 2.33 bits per heavy atom. The molecule has 6 nitrogen and oxygen atoms in total. The molecule has 1 aliphatic carbocycles. The van der Waals surface area contributed by atoms with Crippen molar-refractivity contribution < 1.29 is 18.8 Å². The number of carbonyl (C=O) groups is 3. The fourth-order valence-corrected chi connectivity index (χ4v) is 3.97. The van der Waals surface area contributed by atoms with E-state index in [1.165, 1.54) is 0 Å². The molecule has 0 radical (unpaired) electrons. The van der Waals surface area contributed by atoms with Crippen molar-refractivity contribution in [3.8, 4) is 11.4 Å². The molecule has 1 aromatic heterocycles. The molecule has 2 unspecified atom stereocenters. The molecule has 1 aromatic carbocycles. The zero-order chi connectivity index (χ0) is 22.0. The monoisotopic (exact) mass is 411 g/mol. The number of aromatic nitrogens is 2. The molecule has 0 spiro atoms. The molecule has 1 heterocycles. The van der Waals surface area contributed by atoms with Crippen molar-refractivity contribution in [1.29, 1.82) is 0 Å². The number of hydrogen-bond acceptors (Lipinski definition) is 5. The SMILES string of the molecule is Cc1cc(-c2ncc(F)cn2)cc(C)c1C1C(=O)CC(CC(=O)NCC(C)C)C1=O. The van der Waals surface area contributed by atoms with E-state index in [0.29, 0.717) is 29.4 Å². The normalized spacial score (nSPS) is 18.9. The largest absolute Gasteiger partial charge is 0.356 e. The molecule has 2 atom stereocenters. The molecule has 1 fully saturated rings. The summed E-state index contributed by atoms with van der Waals surface area (Å²) in [5.41, 5.74) is 2.92. The van der Waals surface area contributed by atoms with Gasteiger partial charge in [0.05, 0.1) is 12.4 Å². The second-order valence-electron chi connectivity index (χ2n) is 8.35. The van der Waals surface area contributed by atoms with Crippen LogP contribution in [-0.2, 0) is 14.4 Å². The maximum absolute atomic E-state index is 13.1. The van der Waals surface area contributed by atoms with Crippen molar-refractivity contribution >= 4 is 17.5 Å². The second-order valence-corrected chi connectivity index (χ2v) is 8.35. The summed E-state index contributed by atoms with van der Waals surface area (Å²) in [5.74, 6) is -1.82. The number of ketones is 2. The van der Waals surface area contributed by atoms with Crippen LogP contribution in [0, 0.1) is 31.5 Å². The number of amides is 1. The summed E-state index contributed by atoms with van der Waals surface area (Å²) in [6.45, 7) is 8.19. The van der Waals surface area contributed by atoms with Crippen LogP contribution in [0.2, 0.25) is 0 Å². The lowest BCUT2D eigenvalue weighted by molar-refractivity contribution is -0.128. The number of nitrogens with one attached hydrogen (secondary N) is 1. The minimum Gasteiger partial charge on any atom is -0.356 e. The van der Waals surface area contributed by atoms with Gasteiger partial charge >= 0.3 is 0 Å². The highest BCUT2D eigenvalue weighted by molar-refractivity contribution is 6.15. The summed E-state index contributed by atoms with van der Waals surface area (Å²) in [6, 6.07) is 3.61. The van der Waals surface area contributed by atoms with Gasteiger partial charge in [-0.05, 0) is 48.6 Å². The highest BCUT2D eigenvalue weighted by Gasteiger charge is 2.43. The lowest BCUT2D eigenvalue weighted by atomic mass is 9.86. The van der Waals surface area contributed by atoms with Gasteiger partial charge in [0, 0.05) is 30.9 Å². The quantitative estimate of drug-likeness (QED) is 0.737. The van der Waals surface area contributed by atoms with Crippen LogP contribution in [0.15, 0.2) is 24.5 Å². The first-order chi connectivity index (χ1) is 14.2. The van der Waals surface area contributed by atoms with Gasteiger partial charge in [-0.2, -0.15) is 0 Å². The zero-order valence-corrected chi connectivity index (χ0v) is 17.7. The Morgan fingerprint density at radius 1 is 1.17 bits per heavy atom. The van der Waals surface area contributed by atoms with E-state index >= 15 is 0 Å². The number of rotatable bonds is 6. The Hall–Kier alpha value is -2.96. The molecule has 3 rings (SSSR count). The molecule has 30 heavy (non-hydrogen) atoms. The van der Waals surface area contributed by atoms with Crippen LogP contribution in [0.4, 0.5) is 4.39 Å². The average Bonchev–Trinajstić information content (AvgIpc) is 2.94. The van der Waals surface area contributed by atoms with Crippen LogP contribution in [0.25, 0.3) is 11.4 Å². The van der Waals surface area contributed by atoms with E-state index in [9.17, 15) is 18.8 Å². The van der Waals surface area contributed by atoms with Crippen molar-refractivity contribution in [2.75, 3.05) is 6.54 Å². The summed E-state index contributed by atoms with van der Waals surface area (Å²) in [6.07, 6.45) is 2.31. The fourth-order valence-electron chi connectivity index (χ4n) is 3.97. The molecule has 1 aliphatic rings. The Morgan fingerprint density at radius 2 is 1.77 bits per heavy atom. The average molecular weight is 411 g/mol. The first-order valence-corrected chi connectivity index (χ1v) is 10.1. The van der Waals surface area contributed by atoms with Crippen molar-refractivity contribution in [2.24, 2.45) is 11.8 Å². The van der Waals surface area contributed by atoms with Gasteiger partial charge in [-0.1, -0.05) is 13.8 Å². The van der Waals surface area contributed by atoms with Crippen molar-refractivity contribution in [1.82, 2.24) is 15.3 Å². The van der Waals surface area contributed by atoms with Gasteiger partial charge in [0.25, 0.3) is 0 Å². The van der Waals surface area contributed by atoms with Gasteiger partial charge in [0.1, 0.15) is 11.7 Å². The van der Waals surface area contributed by atoms with Crippen LogP contribution < -0.4 is 5.32 Å². The lowest BCUT2D eigenvalue weighted by Crippen LogP contribution is -2.30. The van der Waals surface area contributed by atoms with E-state index in [4.69, 9.17) is 0 Å². The van der Waals surface area contributed by atoms with E-state index in [1.54, 1.807) is 12.1 Å². The second kappa shape index (κ2) is 8.81. The molecule has 7 heteroatoms. The standard InChI is InChI=1S/C23H26FN3O3/c1-12(2)9-25-19(29)8-15-7-18(28)21(22(15)30)20-13(3)5-16(6-14(20)4)23-26-10-17(24)11-27-23/h5-6,10-12,15,21H,7-9H2,1-4H3,(H,25,29). The maximum Gasteiger partial charge on any atom is 0.220 e. The number of halogens is 1. The Kier molecular flexibility index (Phi) is 6.39. The number of benzene rings is 1. The van der Waals surface area contributed by atoms with Crippen LogP contribution >= 0.6 is 0 Å². The predicted molar refractivity (Wildman–Crippen MR) is 110 cm³/mol. The molecule has 1 amide bonds. The third kappa shape index (κ3) is 4.61. The minimum absolute atomic E-state index is 0.0351. The number of aryl methyl sites for hydroxylation is 2. The van der Waals surface area contributed by atoms with E-state index < -0.39 is 17.7 Å². The van der Waals surface area contributed by atoms with Crippen molar-refractivity contribution in [3.05, 3.63) is 47.0 Å². The van der Waals surface area contributed by atoms with E-state index in [0.717, 1.165) is 23.5 Å². The predicted octanol–water partition coefficient (Wildman–Crippen LogP) is 3.30. The smallest absolute Gasteiger partial charge is 0.220 e. The summed E-state index contributed by atoms with van der Waals surface area (Å²) in [5, 5.41) is 2.81. The highest BCUT2D eigenvalue weighted by Crippen LogP contribution is 2.38. The molecule has 0 aliphatic heterocycles. The summed E-state index contributed by atoms with van der Waals surface area (Å²) in [4.78, 5) is 45.9. The lowest BCUT2D eigenvalue weighted by Gasteiger charge is -2.17. The van der Waals surface area contributed by atoms with Gasteiger partial charge in [-0.25, -0.2) is 14.4 Å². The van der Waals surface area contributed by atoms with Gasteiger partial charge in [0.15, 0.2) is 17.4 Å². The number of nitrogens with zero attached hydrogens (tertiary/aromatic N) is 2. The Balaban J connectivity index is 1.83. The van der Waals surface area contributed by atoms with Crippen molar-refractivity contribution in [2.45, 2.75) is 46.5 Å². The van der Waals surface area contributed by atoms with Crippen LogP contribution in [0.5, 0.6) is 0 Å². The minimum atomic E-state index is -0.851. The van der Waals surface area contributed by atoms with Crippen LogP contribution in [0.1, 0.15) is 49.3 Å². The topological polar surface area (TPSA) is 89.0 Å². The molecular formula is C23H26FN3O3. The maximum atomic E-state index is 13.1. The molecule has 0 saturated heterocycles. The summed E-state index contributed by atoms with van der Waals surface area (Å²) < 4.78 is 13.1. The Labute approximate surface area is 175 Å². The van der Waals surface area contributed by atoms with Crippen molar-refractivity contribution in [3.63, 3.8) is 0 Å². The molecule has 158 valence electrons. The summed E-state index contributed by atoms with van der Waals surface area (Å²) >= 11 is 0. The van der Waals surface area contributed by atoms with Gasteiger partial charge in [0.2, 0.25) is 5.91 Å². The first-order valence-electron chi connectivity index (χ1n) is 10.1. The fraction of sp³-hybridized carbons (Fsp3) is 0.435.